The van der Waals surface area contributed by atoms with Gasteiger partial charge in [-0.2, -0.15) is 0 Å². The minimum Gasteiger partial charge on any atom is -0.314 e. The van der Waals surface area contributed by atoms with Crippen molar-refractivity contribution in [1.29, 1.82) is 0 Å². The Hall–Kier alpha value is -0.0800. The fraction of sp³-hybridized carbons (Fsp3) is 1.00. The smallest absolute Gasteiger partial charge is 0.0119 e. The highest BCUT2D eigenvalue weighted by Gasteiger charge is 2.37. The lowest BCUT2D eigenvalue weighted by Gasteiger charge is -2.43. The fourth-order valence-electron chi connectivity index (χ4n) is 4.59. The van der Waals surface area contributed by atoms with Crippen LogP contribution in [-0.2, 0) is 0 Å². The van der Waals surface area contributed by atoms with Crippen LogP contribution in [0, 0.1) is 17.3 Å². The Morgan fingerprint density at radius 1 is 1.25 bits per heavy atom. The Morgan fingerprint density at radius 3 is 2.65 bits per heavy atom. The zero-order chi connectivity index (χ0) is 14.8. The lowest BCUT2D eigenvalue weighted by atomic mass is 9.69. The molecule has 1 saturated carbocycles. The van der Waals surface area contributed by atoms with E-state index in [0.29, 0.717) is 5.41 Å². The molecule has 0 spiro atoms. The summed E-state index contributed by atoms with van der Waals surface area (Å²) in [5.74, 6) is 1.66. The van der Waals surface area contributed by atoms with Gasteiger partial charge in [0, 0.05) is 18.6 Å². The number of hydrogen-bond donors (Lipinski definition) is 1. The molecule has 1 heterocycles. The Kier molecular flexibility index (Phi) is 5.53. The molecule has 3 unspecified atom stereocenters. The summed E-state index contributed by atoms with van der Waals surface area (Å²) >= 11 is 0. The molecule has 118 valence electrons. The largest absolute Gasteiger partial charge is 0.314 e. The summed E-state index contributed by atoms with van der Waals surface area (Å²) in [6.45, 7) is 15.8. The average molecular weight is 280 g/mol. The molecule has 1 saturated heterocycles. The van der Waals surface area contributed by atoms with Crippen LogP contribution in [0.5, 0.6) is 0 Å². The van der Waals surface area contributed by atoms with E-state index in [1.165, 1.54) is 45.2 Å². The van der Waals surface area contributed by atoms with Gasteiger partial charge in [0.25, 0.3) is 0 Å². The summed E-state index contributed by atoms with van der Waals surface area (Å²) in [7, 11) is 0. The lowest BCUT2D eigenvalue weighted by molar-refractivity contribution is 0.0870. The van der Waals surface area contributed by atoms with Crippen LogP contribution in [0.4, 0.5) is 0 Å². The molecule has 0 amide bonds. The highest BCUT2D eigenvalue weighted by molar-refractivity contribution is 4.92. The van der Waals surface area contributed by atoms with Gasteiger partial charge in [0.2, 0.25) is 0 Å². The molecule has 3 atom stereocenters. The van der Waals surface area contributed by atoms with Crippen LogP contribution in [0.3, 0.4) is 0 Å². The molecular formula is C18H36N2. The summed E-state index contributed by atoms with van der Waals surface area (Å²) in [5.41, 5.74) is 0.545. The van der Waals surface area contributed by atoms with E-state index in [1.54, 1.807) is 0 Å². The van der Waals surface area contributed by atoms with E-state index in [1.807, 2.05) is 0 Å². The monoisotopic (exact) mass is 280 g/mol. The summed E-state index contributed by atoms with van der Waals surface area (Å²) in [5, 5.41) is 3.76. The number of rotatable bonds is 5. The van der Waals surface area contributed by atoms with Crippen molar-refractivity contribution in [2.75, 3.05) is 19.6 Å². The molecule has 0 radical (unpaired) electrons. The van der Waals surface area contributed by atoms with Crippen molar-refractivity contribution in [1.82, 2.24) is 10.2 Å². The zero-order valence-electron chi connectivity index (χ0n) is 14.4. The van der Waals surface area contributed by atoms with E-state index in [4.69, 9.17) is 0 Å². The molecule has 0 aromatic carbocycles. The summed E-state index contributed by atoms with van der Waals surface area (Å²) in [6.07, 6.45) is 6.97. The van der Waals surface area contributed by atoms with Crippen LogP contribution < -0.4 is 5.32 Å². The molecule has 2 aliphatic rings. The van der Waals surface area contributed by atoms with E-state index < -0.39 is 0 Å². The quantitative estimate of drug-likeness (QED) is 0.821. The van der Waals surface area contributed by atoms with Gasteiger partial charge in [0.05, 0.1) is 0 Å². The second kappa shape index (κ2) is 6.79. The number of hydrogen-bond acceptors (Lipinski definition) is 2. The first-order chi connectivity index (χ1) is 9.43. The molecule has 1 aliphatic carbocycles. The molecule has 1 N–H and O–H groups in total. The van der Waals surface area contributed by atoms with Crippen molar-refractivity contribution in [3.63, 3.8) is 0 Å². The van der Waals surface area contributed by atoms with Crippen molar-refractivity contribution < 1.29 is 0 Å². The highest BCUT2D eigenvalue weighted by atomic mass is 15.2. The van der Waals surface area contributed by atoms with Crippen LogP contribution in [0.1, 0.15) is 66.7 Å². The molecular weight excluding hydrogens is 244 g/mol. The van der Waals surface area contributed by atoms with Crippen molar-refractivity contribution in [2.24, 2.45) is 17.3 Å². The Morgan fingerprint density at radius 2 is 2.00 bits per heavy atom. The zero-order valence-corrected chi connectivity index (χ0v) is 14.4. The van der Waals surface area contributed by atoms with Gasteiger partial charge in [-0.1, -0.05) is 34.6 Å². The van der Waals surface area contributed by atoms with Crippen LogP contribution in [0.25, 0.3) is 0 Å². The molecule has 2 fully saturated rings. The predicted octanol–water partition coefficient (Wildman–Crippen LogP) is 3.91. The van der Waals surface area contributed by atoms with Gasteiger partial charge >= 0.3 is 0 Å². The normalized spacial score (nSPS) is 34.8. The predicted molar refractivity (Wildman–Crippen MR) is 88.0 cm³/mol. The van der Waals surface area contributed by atoms with Crippen molar-refractivity contribution >= 4 is 0 Å². The van der Waals surface area contributed by atoms with Gasteiger partial charge < -0.3 is 5.32 Å². The van der Waals surface area contributed by atoms with E-state index in [9.17, 15) is 0 Å². The highest BCUT2D eigenvalue weighted by Crippen LogP contribution is 2.40. The first-order valence-corrected chi connectivity index (χ1v) is 8.90. The van der Waals surface area contributed by atoms with E-state index in [-0.39, 0.29) is 0 Å². The molecule has 0 bridgehead atoms. The Bertz CT molecular complexity index is 298. The minimum atomic E-state index is 0.545. The third-order valence-electron chi connectivity index (χ3n) is 5.64. The Balaban J connectivity index is 1.99. The molecule has 2 rings (SSSR count). The van der Waals surface area contributed by atoms with Crippen molar-refractivity contribution in [3.8, 4) is 0 Å². The second-order valence-corrected chi connectivity index (χ2v) is 8.28. The standard InChI is InChI=1S/C18H36N2/c1-6-19-16-9-10-18(4,5)12-15(16)13-20-11-7-8-17(20)14(2)3/h14-17,19H,6-13H2,1-5H3. The van der Waals surface area contributed by atoms with Gasteiger partial charge in [0.1, 0.15) is 0 Å². The van der Waals surface area contributed by atoms with Gasteiger partial charge in [-0.3, -0.25) is 4.90 Å². The maximum atomic E-state index is 3.76. The number of likely N-dealkylation sites (tertiary alicyclic amines) is 1. The lowest BCUT2D eigenvalue weighted by Crippen LogP contribution is -2.49. The topological polar surface area (TPSA) is 15.3 Å². The maximum Gasteiger partial charge on any atom is 0.0119 e. The van der Waals surface area contributed by atoms with Crippen LogP contribution in [-0.4, -0.2) is 36.6 Å². The average Bonchev–Trinajstić information content (AvgIpc) is 2.80. The molecule has 1 aliphatic heterocycles. The summed E-state index contributed by atoms with van der Waals surface area (Å²) in [4.78, 5) is 2.81. The molecule has 2 nitrogen and oxygen atoms in total. The van der Waals surface area contributed by atoms with E-state index in [0.717, 1.165) is 30.5 Å². The first kappa shape index (κ1) is 16.3. The third-order valence-corrected chi connectivity index (χ3v) is 5.64. The molecule has 0 aromatic heterocycles. The number of nitrogens with one attached hydrogen (secondary N) is 1. The second-order valence-electron chi connectivity index (χ2n) is 8.28. The summed E-state index contributed by atoms with van der Waals surface area (Å²) < 4.78 is 0. The molecule has 2 heteroatoms. The van der Waals surface area contributed by atoms with E-state index >= 15 is 0 Å². The molecule has 20 heavy (non-hydrogen) atoms. The Labute approximate surface area is 126 Å². The fourth-order valence-corrected chi connectivity index (χ4v) is 4.59. The van der Waals surface area contributed by atoms with Crippen molar-refractivity contribution in [2.45, 2.75) is 78.8 Å². The SMILES string of the molecule is CCNC1CCC(C)(C)CC1CN1CCCC1C(C)C. The van der Waals surface area contributed by atoms with Gasteiger partial charge in [-0.05, 0) is 62.4 Å². The van der Waals surface area contributed by atoms with Gasteiger partial charge in [-0.25, -0.2) is 0 Å². The van der Waals surface area contributed by atoms with Crippen molar-refractivity contribution in [3.05, 3.63) is 0 Å². The third kappa shape index (κ3) is 3.98. The van der Waals surface area contributed by atoms with E-state index in [2.05, 4.69) is 44.8 Å². The van der Waals surface area contributed by atoms with Crippen LogP contribution in [0.2, 0.25) is 0 Å². The maximum absolute atomic E-state index is 3.76. The number of nitrogens with zero attached hydrogens (tertiary/aromatic N) is 1. The van der Waals surface area contributed by atoms with Crippen LogP contribution >= 0.6 is 0 Å². The van der Waals surface area contributed by atoms with Crippen LogP contribution in [0.15, 0.2) is 0 Å². The summed E-state index contributed by atoms with van der Waals surface area (Å²) in [6, 6.07) is 1.59. The molecule has 0 aromatic rings. The van der Waals surface area contributed by atoms with Gasteiger partial charge in [0.15, 0.2) is 0 Å². The first-order valence-electron chi connectivity index (χ1n) is 8.90. The minimum absolute atomic E-state index is 0.545. The van der Waals surface area contributed by atoms with Gasteiger partial charge in [-0.15, -0.1) is 0 Å².